The third kappa shape index (κ3) is 3.10. The molecule has 0 saturated carbocycles. The van der Waals surface area contributed by atoms with Crippen molar-refractivity contribution in [2.45, 2.75) is 57.9 Å². The number of benzene rings is 1. The van der Waals surface area contributed by atoms with Crippen molar-refractivity contribution in [2.24, 2.45) is 0 Å². The maximum Gasteiger partial charge on any atom is 0.00445 e. The lowest BCUT2D eigenvalue weighted by Crippen LogP contribution is -2.34. The zero-order valence-electron chi connectivity index (χ0n) is 11.6. The Morgan fingerprint density at radius 1 is 1.24 bits per heavy atom. The van der Waals surface area contributed by atoms with E-state index in [0.29, 0.717) is 6.04 Å². The van der Waals surface area contributed by atoms with Crippen LogP contribution in [0.25, 0.3) is 0 Å². The van der Waals surface area contributed by atoms with Crippen molar-refractivity contribution < 1.29 is 0 Å². The molecule has 0 aromatic heterocycles. The predicted molar refractivity (Wildman–Crippen MR) is 74.6 cm³/mol. The van der Waals surface area contributed by atoms with Crippen molar-refractivity contribution in [2.75, 3.05) is 6.54 Å². The zero-order valence-corrected chi connectivity index (χ0v) is 11.6. The lowest BCUT2D eigenvalue weighted by molar-refractivity contribution is 0.381. The van der Waals surface area contributed by atoms with Gasteiger partial charge in [-0.05, 0) is 48.8 Å². The summed E-state index contributed by atoms with van der Waals surface area (Å²) < 4.78 is 0. The van der Waals surface area contributed by atoms with Gasteiger partial charge in [-0.2, -0.15) is 0 Å². The summed E-state index contributed by atoms with van der Waals surface area (Å²) in [5.41, 5.74) is 3.25. The lowest BCUT2D eigenvalue weighted by atomic mass is 9.81. The van der Waals surface area contributed by atoms with Crippen molar-refractivity contribution >= 4 is 0 Å². The molecule has 1 nitrogen and oxygen atoms in total. The molecule has 1 aliphatic heterocycles. The monoisotopic (exact) mass is 231 g/mol. The Morgan fingerprint density at radius 2 is 2.00 bits per heavy atom. The first-order valence-electron chi connectivity index (χ1n) is 6.80. The smallest absolute Gasteiger partial charge is 0.00445 e. The van der Waals surface area contributed by atoms with Crippen LogP contribution < -0.4 is 5.32 Å². The van der Waals surface area contributed by atoms with Crippen molar-refractivity contribution in [3.05, 3.63) is 35.4 Å². The maximum atomic E-state index is 3.53. The highest BCUT2D eigenvalue weighted by Crippen LogP contribution is 2.31. The van der Waals surface area contributed by atoms with E-state index in [1.807, 2.05) is 0 Å². The van der Waals surface area contributed by atoms with Gasteiger partial charge in [-0.25, -0.2) is 0 Å². The Kier molecular flexibility index (Phi) is 3.58. The van der Waals surface area contributed by atoms with E-state index in [1.165, 1.54) is 24.0 Å². The van der Waals surface area contributed by atoms with Gasteiger partial charge < -0.3 is 5.32 Å². The van der Waals surface area contributed by atoms with Crippen LogP contribution in [-0.2, 0) is 5.41 Å². The van der Waals surface area contributed by atoms with Crippen LogP contribution in [0.2, 0.25) is 0 Å². The Labute approximate surface area is 106 Å². The van der Waals surface area contributed by atoms with E-state index in [2.05, 4.69) is 57.3 Å². The van der Waals surface area contributed by atoms with E-state index < -0.39 is 0 Å². The molecule has 1 heteroatoms. The molecule has 1 aromatic rings. The van der Waals surface area contributed by atoms with Gasteiger partial charge in [0.2, 0.25) is 0 Å². The molecule has 0 amide bonds. The number of nitrogens with one attached hydrogen (secondary N) is 1. The van der Waals surface area contributed by atoms with E-state index in [9.17, 15) is 0 Å². The fourth-order valence-electron chi connectivity index (χ4n) is 2.69. The van der Waals surface area contributed by atoms with Gasteiger partial charge in [0.05, 0.1) is 0 Å². The summed E-state index contributed by atoms with van der Waals surface area (Å²) in [6.07, 6.45) is 2.55. The van der Waals surface area contributed by atoms with Gasteiger partial charge in [0.15, 0.2) is 0 Å². The van der Waals surface area contributed by atoms with Crippen molar-refractivity contribution in [1.82, 2.24) is 5.32 Å². The topological polar surface area (TPSA) is 12.0 Å². The molecule has 1 aliphatic rings. The molecule has 17 heavy (non-hydrogen) atoms. The summed E-state index contributed by atoms with van der Waals surface area (Å²) in [6, 6.07) is 9.86. The molecule has 2 atom stereocenters. The van der Waals surface area contributed by atoms with Crippen LogP contribution in [0.3, 0.4) is 0 Å². The number of hydrogen-bond donors (Lipinski definition) is 1. The molecule has 2 rings (SSSR count). The molecular formula is C16H25N. The first kappa shape index (κ1) is 12.6. The molecule has 0 radical (unpaired) electrons. The lowest BCUT2D eigenvalue weighted by Gasteiger charge is -2.29. The molecule has 94 valence electrons. The van der Waals surface area contributed by atoms with Gasteiger partial charge in [0.1, 0.15) is 0 Å². The number of piperidine rings is 1. The fourth-order valence-corrected chi connectivity index (χ4v) is 2.69. The largest absolute Gasteiger partial charge is 0.314 e. The number of rotatable bonds is 1. The summed E-state index contributed by atoms with van der Waals surface area (Å²) in [7, 11) is 0. The van der Waals surface area contributed by atoms with Crippen molar-refractivity contribution in [3.63, 3.8) is 0 Å². The second-order valence-corrected chi connectivity index (χ2v) is 6.45. The van der Waals surface area contributed by atoms with E-state index >= 15 is 0 Å². The average Bonchev–Trinajstić information content (AvgIpc) is 2.28. The van der Waals surface area contributed by atoms with E-state index in [1.54, 1.807) is 0 Å². The minimum Gasteiger partial charge on any atom is -0.314 e. The van der Waals surface area contributed by atoms with E-state index in [-0.39, 0.29) is 5.41 Å². The molecule has 1 aromatic carbocycles. The summed E-state index contributed by atoms with van der Waals surface area (Å²) in [4.78, 5) is 0. The van der Waals surface area contributed by atoms with E-state index in [4.69, 9.17) is 0 Å². The van der Waals surface area contributed by atoms with Crippen LogP contribution in [-0.4, -0.2) is 12.6 Å². The molecule has 0 spiro atoms. The molecule has 1 fully saturated rings. The first-order valence-corrected chi connectivity index (χ1v) is 6.80. The predicted octanol–water partition coefficient (Wildman–Crippen LogP) is 3.84. The van der Waals surface area contributed by atoms with Gasteiger partial charge in [0.25, 0.3) is 0 Å². The number of hydrogen-bond acceptors (Lipinski definition) is 1. The van der Waals surface area contributed by atoms with Gasteiger partial charge in [0, 0.05) is 6.04 Å². The van der Waals surface area contributed by atoms with Gasteiger partial charge >= 0.3 is 0 Å². The highest BCUT2D eigenvalue weighted by atomic mass is 14.9. The van der Waals surface area contributed by atoms with Crippen LogP contribution in [0.1, 0.15) is 57.6 Å². The molecule has 1 N–H and O–H groups in total. The Bertz CT molecular complexity index is 375. The third-order valence-corrected chi connectivity index (χ3v) is 3.85. The molecule has 0 bridgehead atoms. The second kappa shape index (κ2) is 4.81. The maximum absolute atomic E-state index is 3.53. The normalized spacial score (nSPS) is 25.9. The fraction of sp³-hybridized carbons (Fsp3) is 0.625. The van der Waals surface area contributed by atoms with Crippen LogP contribution in [0.5, 0.6) is 0 Å². The summed E-state index contributed by atoms with van der Waals surface area (Å²) >= 11 is 0. The van der Waals surface area contributed by atoms with Crippen LogP contribution in [0.15, 0.2) is 24.3 Å². The Morgan fingerprint density at radius 3 is 2.65 bits per heavy atom. The average molecular weight is 231 g/mol. The van der Waals surface area contributed by atoms with Crippen molar-refractivity contribution in [1.29, 1.82) is 0 Å². The molecule has 1 saturated heterocycles. The van der Waals surface area contributed by atoms with Crippen LogP contribution in [0, 0.1) is 0 Å². The minimum absolute atomic E-state index is 0.258. The standard InChI is InChI=1S/C16H25N/c1-12-10-14(8-9-17-12)13-6-5-7-15(11-13)16(2,3)4/h5-7,11-12,14,17H,8-10H2,1-4H3/t12-,14+/m1/s1. The van der Waals surface area contributed by atoms with E-state index in [0.717, 1.165) is 12.5 Å². The quantitative estimate of drug-likeness (QED) is 0.774. The second-order valence-electron chi connectivity index (χ2n) is 6.45. The highest BCUT2D eigenvalue weighted by Gasteiger charge is 2.21. The first-order chi connectivity index (χ1) is 7.97. The highest BCUT2D eigenvalue weighted by molar-refractivity contribution is 5.31. The van der Waals surface area contributed by atoms with Crippen LogP contribution >= 0.6 is 0 Å². The minimum atomic E-state index is 0.258. The SMILES string of the molecule is C[C@@H]1C[C@@H](c2cccc(C(C)(C)C)c2)CCN1. The molecular weight excluding hydrogens is 206 g/mol. The zero-order chi connectivity index (χ0) is 12.5. The molecule has 1 heterocycles. The van der Waals surface area contributed by atoms with Gasteiger partial charge in [-0.1, -0.05) is 45.0 Å². The Hall–Kier alpha value is -0.820. The van der Waals surface area contributed by atoms with Crippen LogP contribution in [0.4, 0.5) is 0 Å². The Balaban J connectivity index is 2.21. The third-order valence-electron chi connectivity index (χ3n) is 3.85. The summed E-state index contributed by atoms with van der Waals surface area (Å²) in [6.45, 7) is 10.3. The molecule has 0 aliphatic carbocycles. The van der Waals surface area contributed by atoms with Crippen molar-refractivity contribution in [3.8, 4) is 0 Å². The van der Waals surface area contributed by atoms with Gasteiger partial charge in [-0.3, -0.25) is 0 Å². The summed E-state index contributed by atoms with van der Waals surface area (Å²) in [5, 5.41) is 3.53. The van der Waals surface area contributed by atoms with Gasteiger partial charge in [-0.15, -0.1) is 0 Å². The summed E-state index contributed by atoms with van der Waals surface area (Å²) in [5.74, 6) is 0.744. The molecule has 0 unspecified atom stereocenters.